The number of carbonyl (C=O) groups is 1. The van der Waals surface area contributed by atoms with Gasteiger partial charge in [0.2, 0.25) is 0 Å². The van der Waals surface area contributed by atoms with Crippen molar-refractivity contribution in [1.29, 1.82) is 0 Å². The molecule has 0 aromatic heterocycles. The van der Waals surface area contributed by atoms with Crippen molar-refractivity contribution in [2.75, 3.05) is 20.2 Å². The monoisotopic (exact) mass is 299 g/mol. The molecule has 0 heterocycles. The van der Waals surface area contributed by atoms with E-state index in [-0.39, 0.29) is 12.5 Å². The fraction of sp³-hybridized carbons (Fsp3) is 0.462. The third-order valence-electron chi connectivity index (χ3n) is 2.59. The molecule has 0 aliphatic rings. The summed E-state index contributed by atoms with van der Waals surface area (Å²) in [5.74, 6) is 0.0431. The van der Waals surface area contributed by atoms with Crippen molar-refractivity contribution in [3.8, 4) is 0 Å². The van der Waals surface area contributed by atoms with Gasteiger partial charge >= 0.3 is 0 Å². The molecule has 1 N–H and O–H groups in total. The number of rotatable bonds is 6. The Morgan fingerprint density at radius 2 is 1.88 bits per heavy atom. The number of hydrogen-bond acceptors (Lipinski definition) is 2. The normalized spacial score (nSPS) is 10.3. The number of halogens is 1. The number of amides is 1. The van der Waals surface area contributed by atoms with Crippen molar-refractivity contribution in [2.24, 2.45) is 0 Å². The average molecular weight is 300 g/mol. The highest BCUT2D eigenvalue weighted by molar-refractivity contribution is 9.10. The minimum Gasteiger partial charge on any atom is -0.396 e. The van der Waals surface area contributed by atoms with Crippen LogP contribution in [-0.2, 0) is 0 Å². The topological polar surface area (TPSA) is 40.5 Å². The molecule has 0 unspecified atom stereocenters. The fourth-order valence-corrected chi connectivity index (χ4v) is 1.82. The summed E-state index contributed by atoms with van der Waals surface area (Å²) in [5.41, 5.74) is 0.706. The Morgan fingerprint density at radius 3 is 2.47 bits per heavy atom. The molecule has 0 radical (unpaired) electrons. The van der Waals surface area contributed by atoms with Crippen molar-refractivity contribution in [3.63, 3.8) is 0 Å². The average Bonchev–Trinajstić information content (AvgIpc) is 2.34. The van der Waals surface area contributed by atoms with E-state index >= 15 is 0 Å². The predicted octanol–water partition coefficient (Wildman–Crippen LogP) is 2.68. The minimum atomic E-state index is 0.0431. The second-order valence-corrected chi connectivity index (χ2v) is 4.93. The van der Waals surface area contributed by atoms with Gasteiger partial charge in [-0.15, -0.1) is 0 Å². The van der Waals surface area contributed by atoms with Gasteiger partial charge in [0.15, 0.2) is 0 Å². The lowest BCUT2D eigenvalue weighted by Crippen LogP contribution is -2.27. The van der Waals surface area contributed by atoms with E-state index in [1.165, 1.54) is 0 Å². The number of carbonyl (C=O) groups excluding carboxylic acids is 1. The van der Waals surface area contributed by atoms with E-state index in [1.54, 1.807) is 4.90 Å². The number of aliphatic hydroxyl groups is 1. The second kappa shape index (κ2) is 7.45. The highest BCUT2D eigenvalue weighted by Gasteiger charge is 2.10. The maximum atomic E-state index is 12.0. The molecule has 0 fully saturated rings. The smallest absolute Gasteiger partial charge is 0.253 e. The van der Waals surface area contributed by atoms with Crippen LogP contribution in [0.25, 0.3) is 0 Å². The molecule has 0 saturated carbocycles. The molecule has 0 aliphatic heterocycles. The van der Waals surface area contributed by atoms with Gasteiger partial charge in [-0.25, -0.2) is 0 Å². The second-order valence-electron chi connectivity index (χ2n) is 4.02. The van der Waals surface area contributed by atoms with Gasteiger partial charge < -0.3 is 10.0 Å². The Morgan fingerprint density at radius 1 is 1.24 bits per heavy atom. The van der Waals surface area contributed by atoms with Crippen LogP contribution in [0.1, 0.15) is 29.6 Å². The molecule has 0 aliphatic carbocycles. The van der Waals surface area contributed by atoms with Crippen molar-refractivity contribution in [2.45, 2.75) is 19.3 Å². The summed E-state index contributed by atoms with van der Waals surface area (Å²) in [5, 5.41) is 8.66. The predicted molar refractivity (Wildman–Crippen MR) is 72.0 cm³/mol. The van der Waals surface area contributed by atoms with Crippen molar-refractivity contribution >= 4 is 21.8 Å². The van der Waals surface area contributed by atoms with E-state index in [4.69, 9.17) is 5.11 Å². The third-order valence-corrected chi connectivity index (χ3v) is 3.12. The van der Waals surface area contributed by atoms with Crippen LogP contribution in [0.4, 0.5) is 0 Å². The molecule has 0 spiro atoms. The van der Waals surface area contributed by atoms with E-state index < -0.39 is 0 Å². The maximum absolute atomic E-state index is 12.0. The summed E-state index contributed by atoms with van der Waals surface area (Å²) in [6, 6.07) is 7.37. The third kappa shape index (κ3) is 4.88. The highest BCUT2D eigenvalue weighted by Crippen LogP contribution is 2.12. The number of aliphatic hydroxyl groups excluding tert-OH is 1. The van der Waals surface area contributed by atoms with Gasteiger partial charge in [0.05, 0.1) is 0 Å². The van der Waals surface area contributed by atoms with Gasteiger partial charge in [0.25, 0.3) is 5.91 Å². The Kier molecular flexibility index (Phi) is 6.22. The highest BCUT2D eigenvalue weighted by atomic mass is 79.9. The summed E-state index contributed by atoms with van der Waals surface area (Å²) < 4.78 is 0.972. The molecule has 0 saturated heterocycles. The largest absolute Gasteiger partial charge is 0.396 e. The SMILES string of the molecule is CN(CCCCCO)C(=O)c1ccc(Br)cc1. The molecule has 94 valence electrons. The molecule has 17 heavy (non-hydrogen) atoms. The molecular weight excluding hydrogens is 282 g/mol. The maximum Gasteiger partial charge on any atom is 0.253 e. The number of unbranched alkanes of at least 4 members (excludes halogenated alkanes) is 2. The van der Waals surface area contributed by atoms with E-state index in [0.717, 1.165) is 30.3 Å². The molecule has 0 atom stereocenters. The van der Waals surface area contributed by atoms with Crippen LogP contribution >= 0.6 is 15.9 Å². The first-order chi connectivity index (χ1) is 8.15. The lowest BCUT2D eigenvalue weighted by molar-refractivity contribution is 0.0792. The zero-order chi connectivity index (χ0) is 12.7. The Balaban J connectivity index is 2.43. The van der Waals surface area contributed by atoms with Crippen LogP contribution < -0.4 is 0 Å². The molecule has 1 rings (SSSR count). The van der Waals surface area contributed by atoms with Crippen LogP contribution in [0.15, 0.2) is 28.7 Å². The van der Waals surface area contributed by atoms with Crippen LogP contribution in [-0.4, -0.2) is 36.1 Å². The Bertz CT molecular complexity index is 351. The lowest BCUT2D eigenvalue weighted by Gasteiger charge is -2.17. The molecule has 1 aromatic rings. The van der Waals surface area contributed by atoms with Crippen LogP contribution in [0.5, 0.6) is 0 Å². The Hall–Kier alpha value is -0.870. The van der Waals surface area contributed by atoms with Gasteiger partial charge in [-0.2, -0.15) is 0 Å². The number of benzene rings is 1. The standard InChI is InChI=1S/C13H18BrNO2/c1-15(9-3-2-4-10-16)13(17)11-5-7-12(14)8-6-11/h5-8,16H,2-4,9-10H2,1H3. The summed E-state index contributed by atoms with van der Waals surface area (Å²) >= 11 is 3.34. The van der Waals surface area contributed by atoms with Gasteiger partial charge in [-0.05, 0) is 43.5 Å². The zero-order valence-corrected chi connectivity index (χ0v) is 11.6. The first-order valence-corrected chi connectivity index (χ1v) is 6.56. The first-order valence-electron chi connectivity index (χ1n) is 5.77. The van der Waals surface area contributed by atoms with Crippen molar-refractivity contribution in [1.82, 2.24) is 4.90 Å². The zero-order valence-electron chi connectivity index (χ0n) is 10.0. The fourth-order valence-electron chi connectivity index (χ4n) is 1.55. The first kappa shape index (κ1) is 14.2. The van der Waals surface area contributed by atoms with E-state index in [0.29, 0.717) is 5.56 Å². The van der Waals surface area contributed by atoms with Crippen molar-refractivity contribution in [3.05, 3.63) is 34.3 Å². The lowest BCUT2D eigenvalue weighted by atomic mass is 10.2. The van der Waals surface area contributed by atoms with Crippen molar-refractivity contribution < 1.29 is 9.90 Å². The van der Waals surface area contributed by atoms with Gasteiger partial charge in [-0.3, -0.25) is 4.79 Å². The summed E-state index contributed by atoms with van der Waals surface area (Å²) in [4.78, 5) is 13.7. The van der Waals surface area contributed by atoms with E-state index in [2.05, 4.69) is 15.9 Å². The number of hydrogen-bond donors (Lipinski definition) is 1. The van der Waals surface area contributed by atoms with Gasteiger partial charge in [-0.1, -0.05) is 15.9 Å². The van der Waals surface area contributed by atoms with E-state index in [9.17, 15) is 4.79 Å². The molecule has 1 amide bonds. The molecule has 3 nitrogen and oxygen atoms in total. The van der Waals surface area contributed by atoms with Crippen LogP contribution in [0.3, 0.4) is 0 Å². The van der Waals surface area contributed by atoms with E-state index in [1.807, 2.05) is 31.3 Å². The molecule has 4 heteroatoms. The minimum absolute atomic E-state index is 0.0431. The Labute approximate surface area is 111 Å². The quantitative estimate of drug-likeness (QED) is 0.821. The van der Waals surface area contributed by atoms with Gasteiger partial charge in [0, 0.05) is 30.2 Å². The van der Waals surface area contributed by atoms with Crippen LogP contribution in [0, 0.1) is 0 Å². The molecular formula is C13H18BrNO2. The number of nitrogens with zero attached hydrogens (tertiary/aromatic N) is 1. The molecule has 1 aromatic carbocycles. The summed E-state index contributed by atoms with van der Waals surface area (Å²) in [6.45, 7) is 0.958. The van der Waals surface area contributed by atoms with Gasteiger partial charge in [0.1, 0.15) is 0 Å². The molecule has 0 bridgehead atoms. The summed E-state index contributed by atoms with van der Waals surface area (Å²) in [6.07, 6.45) is 2.69. The summed E-state index contributed by atoms with van der Waals surface area (Å²) in [7, 11) is 1.81. The van der Waals surface area contributed by atoms with Crippen LogP contribution in [0.2, 0.25) is 0 Å².